The molecule has 2 amide bonds. The highest BCUT2D eigenvalue weighted by Gasteiger charge is 2.52. The molecule has 3 rings (SSSR count). The molecule has 8 nitrogen and oxygen atoms in total. The van der Waals surface area contributed by atoms with E-state index in [0.29, 0.717) is 43.7 Å². The minimum atomic E-state index is -1.35. The molecule has 0 aliphatic carbocycles. The van der Waals surface area contributed by atoms with Gasteiger partial charge < -0.3 is 24.3 Å². The Morgan fingerprint density at radius 3 is 2.27 bits per heavy atom. The lowest BCUT2D eigenvalue weighted by Gasteiger charge is -2.45. The molecule has 164 valence electrons. The number of benzene rings is 1. The Labute approximate surface area is 176 Å². The Bertz CT molecular complexity index is 806. The number of aliphatic carboxylic acids is 1. The number of ether oxygens (including phenoxy) is 2. The average molecular weight is 417 g/mol. The Kier molecular flexibility index (Phi) is 6.08. The number of carbonyl (C=O) groups excluding carboxylic acids is 3. The second-order valence-corrected chi connectivity index (χ2v) is 9.11. The number of carboxylic acids is 1. The lowest BCUT2D eigenvalue weighted by molar-refractivity contribution is -0.310. The molecule has 0 unspecified atom stereocenters. The molecule has 1 aromatic carbocycles. The van der Waals surface area contributed by atoms with E-state index in [9.17, 15) is 19.5 Å². The summed E-state index contributed by atoms with van der Waals surface area (Å²) >= 11 is 0. The standard InChI is InChI=1S/C22H30N2O6/c1-21(2,3)13-18(25)23-11-9-22(10-12-23)24(17(14-30-22)20(27)28)19(26)15-5-7-16(29-4)8-6-15/h5-8,17H,9-14H2,1-4H3,(H,27,28)/p-1/t17-/m1/s1. The highest BCUT2D eigenvalue weighted by atomic mass is 16.5. The van der Waals surface area contributed by atoms with Crippen LogP contribution >= 0.6 is 0 Å². The summed E-state index contributed by atoms with van der Waals surface area (Å²) in [5.41, 5.74) is -0.828. The number of carboxylic acid groups (broad SMARTS) is 1. The Balaban J connectivity index is 1.80. The molecular formula is C22H29N2O6-. The normalized spacial score (nSPS) is 21.0. The second kappa shape index (κ2) is 8.26. The van der Waals surface area contributed by atoms with Crippen LogP contribution < -0.4 is 9.84 Å². The summed E-state index contributed by atoms with van der Waals surface area (Å²) < 4.78 is 11.0. The lowest BCUT2D eigenvalue weighted by Crippen LogP contribution is -2.60. The quantitative estimate of drug-likeness (QED) is 0.726. The van der Waals surface area contributed by atoms with Crippen LogP contribution in [0, 0.1) is 5.41 Å². The molecule has 2 aliphatic heterocycles. The molecule has 0 aromatic heterocycles. The van der Waals surface area contributed by atoms with Gasteiger partial charge in [-0.3, -0.25) is 14.5 Å². The highest BCUT2D eigenvalue weighted by molar-refractivity contribution is 5.97. The number of carbonyl (C=O) groups is 3. The third-order valence-electron chi connectivity index (χ3n) is 5.67. The van der Waals surface area contributed by atoms with Crippen LogP contribution in [0.4, 0.5) is 0 Å². The van der Waals surface area contributed by atoms with Gasteiger partial charge >= 0.3 is 0 Å². The average Bonchev–Trinajstić information content (AvgIpc) is 3.05. The fourth-order valence-corrected chi connectivity index (χ4v) is 4.09. The van der Waals surface area contributed by atoms with Crippen LogP contribution in [0.15, 0.2) is 24.3 Å². The number of piperidine rings is 1. The summed E-state index contributed by atoms with van der Waals surface area (Å²) in [4.78, 5) is 40.6. The zero-order valence-corrected chi connectivity index (χ0v) is 18.0. The van der Waals surface area contributed by atoms with Gasteiger partial charge in [0.05, 0.1) is 25.7 Å². The van der Waals surface area contributed by atoms with Crippen LogP contribution in [0.5, 0.6) is 5.75 Å². The van der Waals surface area contributed by atoms with Crippen molar-refractivity contribution < 1.29 is 29.0 Å². The molecule has 2 aliphatic rings. The SMILES string of the molecule is COc1ccc(C(=O)N2[C@@H](C(=O)[O-])COC23CCN(C(=O)CC(C)(C)C)CC3)cc1. The molecule has 0 radical (unpaired) electrons. The van der Waals surface area contributed by atoms with E-state index in [-0.39, 0.29) is 17.9 Å². The first-order chi connectivity index (χ1) is 14.1. The van der Waals surface area contributed by atoms with Gasteiger partial charge in [-0.1, -0.05) is 20.8 Å². The van der Waals surface area contributed by atoms with Crippen LogP contribution in [-0.4, -0.2) is 66.2 Å². The van der Waals surface area contributed by atoms with E-state index >= 15 is 0 Å². The van der Waals surface area contributed by atoms with Crippen molar-refractivity contribution in [1.82, 2.24) is 9.80 Å². The van der Waals surface area contributed by atoms with Crippen LogP contribution in [0.3, 0.4) is 0 Å². The summed E-state index contributed by atoms with van der Waals surface area (Å²) in [6, 6.07) is 5.33. The van der Waals surface area contributed by atoms with Gasteiger partial charge in [0, 0.05) is 37.9 Å². The van der Waals surface area contributed by atoms with Crippen LogP contribution in [0.1, 0.15) is 50.4 Å². The zero-order valence-electron chi connectivity index (χ0n) is 18.0. The minimum absolute atomic E-state index is 0.0554. The molecule has 0 saturated carbocycles. The van der Waals surface area contributed by atoms with Gasteiger partial charge in [-0.25, -0.2) is 0 Å². The number of amides is 2. The number of nitrogens with zero attached hydrogens (tertiary/aromatic N) is 2. The largest absolute Gasteiger partial charge is 0.548 e. The number of methoxy groups -OCH3 is 1. The summed E-state index contributed by atoms with van der Waals surface area (Å²) in [6.07, 6.45) is 1.14. The van der Waals surface area contributed by atoms with E-state index in [0.717, 1.165) is 0 Å². The fraction of sp³-hybridized carbons (Fsp3) is 0.591. The van der Waals surface area contributed by atoms with Crippen molar-refractivity contribution in [3.63, 3.8) is 0 Å². The molecule has 1 spiro atoms. The smallest absolute Gasteiger partial charge is 0.256 e. The molecule has 1 aromatic rings. The fourth-order valence-electron chi connectivity index (χ4n) is 4.09. The molecule has 8 heteroatoms. The molecular weight excluding hydrogens is 388 g/mol. The van der Waals surface area contributed by atoms with E-state index in [1.807, 2.05) is 20.8 Å². The molecule has 2 fully saturated rings. The number of likely N-dealkylation sites (tertiary alicyclic amines) is 1. The lowest BCUT2D eigenvalue weighted by atomic mass is 9.90. The Hall–Kier alpha value is -2.61. The van der Waals surface area contributed by atoms with Gasteiger partial charge in [0.2, 0.25) is 5.91 Å². The predicted octanol–water partition coefficient (Wildman–Crippen LogP) is 1.04. The van der Waals surface area contributed by atoms with Gasteiger partial charge in [-0.2, -0.15) is 0 Å². The maximum atomic E-state index is 13.3. The zero-order chi connectivity index (χ0) is 22.1. The first-order valence-electron chi connectivity index (χ1n) is 10.2. The van der Waals surface area contributed by atoms with Gasteiger partial charge in [0.15, 0.2) is 0 Å². The maximum absolute atomic E-state index is 13.3. The van der Waals surface area contributed by atoms with E-state index in [1.165, 1.54) is 12.0 Å². The molecule has 30 heavy (non-hydrogen) atoms. The number of rotatable bonds is 4. The van der Waals surface area contributed by atoms with E-state index in [1.54, 1.807) is 29.2 Å². The summed E-state index contributed by atoms with van der Waals surface area (Å²) in [5.74, 6) is -1.13. The van der Waals surface area contributed by atoms with Crippen LogP contribution in [0.2, 0.25) is 0 Å². The highest BCUT2D eigenvalue weighted by Crippen LogP contribution is 2.39. The first kappa shape index (κ1) is 22.1. The van der Waals surface area contributed by atoms with E-state index in [2.05, 4.69) is 0 Å². The van der Waals surface area contributed by atoms with E-state index < -0.39 is 23.6 Å². The summed E-state index contributed by atoms with van der Waals surface area (Å²) in [6.45, 7) is 6.71. The second-order valence-electron chi connectivity index (χ2n) is 9.11. The summed E-state index contributed by atoms with van der Waals surface area (Å²) in [7, 11) is 1.53. The van der Waals surface area contributed by atoms with Gasteiger partial charge in [0.25, 0.3) is 5.91 Å². The molecule has 2 heterocycles. The van der Waals surface area contributed by atoms with Crippen molar-refractivity contribution in [3.8, 4) is 5.75 Å². The van der Waals surface area contributed by atoms with Gasteiger partial charge in [-0.15, -0.1) is 0 Å². The van der Waals surface area contributed by atoms with Crippen molar-refractivity contribution in [2.24, 2.45) is 5.41 Å². The molecule has 0 bridgehead atoms. The topological polar surface area (TPSA) is 99.2 Å². The molecule has 2 saturated heterocycles. The minimum Gasteiger partial charge on any atom is -0.548 e. The third-order valence-corrected chi connectivity index (χ3v) is 5.67. The molecule has 1 atom stereocenters. The predicted molar refractivity (Wildman–Crippen MR) is 107 cm³/mol. The first-order valence-corrected chi connectivity index (χ1v) is 10.2. The third kappa shape index (κ3) is 4.43. The summed E-state index contributed by atoms with van der Waals surface area (Å²) in [5, 5.41) is 11.7. The van der Waals surface area contributed by atoms with Crippen LogP contribution in [0.25, 0.3) is 0 Å². The van der Waals surface area contributed by atoms with Crippen molar-refractivity contribution in [3.05, 3.63) is 29.8 Å². The van der Waals surface area contributed by atoms with Gasteiger partial charge in [-0.05, 0) is 29.7 Å². The monoisotopic (exact) mass is 417 g/mol. The van der Waals surface area contributed by atoms with Crippen LogP contribution in [-0.2, 0) is 14.3 Å². The van der Waals surface area contributed by atoms with Crippen molar-refractivity contribution in [2.75, 3.05) is 26.8 Å². The number of hydrogen-bond donors (Lipinski definition) is 0. The Morgan fingerprint density at radius 1 is 1.17 bits per heavy atom. The number of hydrogen-bond acceptors (Lipinski definition) is 6. The van der Waals surface area contributed by atoms with Crippen molar-refractivity contribution in [1.29, 1.82) is 0 Å². The Morgan fingerprint density at radius 2 is 1.77 bits per heavy atom. The maximum Gasteiger partial charge on any atom is 0.256 e. The van der Waals surface area contributed by atoms with Gasteiger partial charge in [0.1, 0.15) is 11.5 Å². The van der Waals surface area contributed by atoms with Crippen molar-refractivity contribution in [2.45, 2.75) is 51.8 Å². The van der Waals surface area contributed by atoms with E-state index in [4.69, 9.17) is 9.47 Å². The van der Waals surface area contributed by atoms with Crippen molar-refractivity contribution >= 4 is 17.8 Å². The molecule has 0 N–H and O–H groups in total.